The Morgan fingerprint density at radius 3 is 2.12 bits per heavy atom. The van der Waals surface area contributed by atoms with Crippen molar-refractivity contribution in [1.82, 2.24) is 0 Å². The van der Waals surface area contributed by atoms with E-state index in [1.54, 1.807) is 24.3 Å². The summed E-state index contributed by atoms with van der Waals surface area (Å²) in [6, 6.07) is 12.4. The number of nitrogens with zero attached hydrogens (tertiary/aromatic N) is 1. The molecule has 0 saturated heterocycles. The fraction of sp³-hybridized carbons (Fsp3) is 0.222. The Labute approximate surface area is 152 Å². The summed E-state index contributed by atoms with van der Waals surface area (Å²) in [5.74, 6) is -1.37. The SMILES string of the molecule is COC(=O)COC(=O)c1ccc(N(C)S(=O)(=O)c2ccc(C)cc2)cc1. The lowest BCUT2D eigenvalue weighted by molar-refractivity contribution is -0.144. The van der Waals surface area contributed by atoms with E-state index >= 15 is 0 Å². The van der Waals surface area contributed by atoms with E-state index in [4.69, 9.17) is 4.74 Å². The number of ether oxygens (including phenoxy) is 2. The number of esters is 2. The molecule has 2 aromatic rings. The van der Waals surface area contributed by atoms with Crippen LogP contribution in [0.3, 0.4) is 0 Å². The number of benzene rings is 2. The lowest BCUT2D eigenvalue weighted by Gasteiger charge is -2.19. The first-order valence-electron chi connectivity index (χ1n) is 7.65. The van der Waals surface area contributed by atoms with Crippen LogP contribution in [-0.2, 0) is 24.3 Å². The Morgan fingerprint density at radius 2 is 1.58 bits per heavy atom. The van der Waals surface area contributed by atoms with Gasteiger partial charge in [-0.1, -0.05) is 17.7 Å². The molecule has 0 heterocycles. The third-order valence-electron chi connectivity index (χ3n) is 3.69. The minimum atomic E-state index is -3.71. The quantitative estimate of drug-likeness (QED) is 0.717. The summed E-state index contributed by atoms with van der Waals surface area (Å²) in [5.41, 5.74) is 1.54. The minimum absolute atomic E-state index is 0.173. The van der Waals surface area contributed by atoms with Crippen LogP contribution in [0.25, 0.3) is 0 Å². The first kappa shape index (κ1) is 19.5. The Kier molecular flexibility index (Phi) is 5.99. The van der Waals surface area contributed by atoms with Gasteiger partial charge < -0.3 is 9.47 Å². The van der Waals surface area contributed by atoms with Gasteiger partial charge in [-0.3, -0.25) is 4.31 Å². The van der Waals surface area contributed by atoms with E-state index in [0.717, 1.165) is 9.87 Å². The molecule has 0 unspecified atom stereocenters. The van der Waals surface area contributed by atoms with E-state index in [1.165, 1.54) is 38.4 Å². The van der Waals surface area contributed by atoms with Gasteiger partial charge >= 0.3 is 11.9 Å². The average Bonchev–Trinajstić information content (AvgIpc) is 2.65. The first-order chi connectivity index (χ1) is 12.3. The highest BCUT2D eigenvalue weighted by molar-refractivity contribution is 7.92. The summed E-state index contributed by atoms with van der Waals surface area (Å²) in [5, 5.41) is 0. The summed E-state index contributed by atoms with van der Waals surface area (Å²) in [7, 11) is -1.09. The lowest BCUT2D eigenvalue weighted by atomic mass is 10.2. The van der Waals surface area contributed by atoms with Crippen LogP contribution in [0.4, 0.5) is 5.69 Å². The number of hydrogen-bond acceptors (Lipinski definition) is 6. The summed E-state index contributed by atoms with van der Waals surface area (Å²) in [4.78, 5) is 23.0. The van der Waals surface area contributed by atoms with E-state index in [2.05, 4.69) is 4.74 Å². The smallest absolute Gasteiger partial charge is 0.344 e. The molecular formula is C18H19NO6S. The molecule has 2 rings (SSSR count). The number of anilines is 1. The van der Waals surface area contributed by atoms with Gasteiger partial charge in [-0.2, -0.15) is 0 Å². The normalized spacial score (nSPS) is 10.9. The molecule has 0 aliphatic carbocycles. The summed E-state index contributed by atoms with van der Waals surface area (Å²) >= 11 is 0. The highest BCUT2D eigenvalue weighted by Crippen LogP contribution is 2.22. The van der Waals surface area contributed by atoms with Crippen molar-refractivity contribution in [2.24, 2.45) is 0 Å². The standard InChI is InChI=1S/C18H19NO6S/c1-13-4-10-16(11-5-13)26(22,23)19(2)15-8-6-14(7-9-15)18(21)25-12-17(20)24-3/h4-11H,12H2,1-3H3. The molecule has 0 amide bonds. The Hall–Kier alpha value is -2.87. The van der Waals surface area contributed by atoms with Gasteiger partial charge in [0.2, 0.25) is 0 Å². The number of rotatable bonds is 6. The van der Waals surface area contributed by atoms with E-state index in [9.17, 15) is 18.0 Å². The van der Waals surface area contributed by atoms with Crippen LogP contribution in [0.2, 0.25) is 0 Å². The van der Waals surface area contributed by atoms with Crippen molar-refractivity contribution in [3.8, 4) is 0 Å². The predicted molar refractivity (Wildman–Crippen MR) is 95.5 cm³/mol. The number of aryl methyl sites for hydroxylation is 1. The summed E-state index contributed by atoms with van der Waals surface area (Å²) in [6.07, 6.45) is 0. The van der Waals surface area contributed by atoms with Crippen molar-refractivity contribution in [3.63, 3.8) is 0 Å². The monoisotopic (exact) mass is 377 g/mol. The van der Waals surface area contributed by atoms with Gasteiger partial charge in [-0.15, -0.1) is 0 Å². The molecule has 0 radical (unpaired) electrons. The fourth-order valence-electron chi connectivity index (χ4n) is 2.08. The maximum absolute atomic E-state index is 12.7. The van der Waals surface area contributed by atoms with E-state index in [1.807, 2.05) is 6.92 Å². The Morgan fingerprint density at radius 1 is 1.00 bits per heavy atom. The fourth-order valence-corrected chi connectivity index (χ4v) is 3.28. The summed E-state index contributed by atoms with van der Waals surface area (Å²) in [6.45, 7) is 1.39. The zero-order valence-electron chi connectivity index (χ0n) is 14.6. The van der Waals surface area contributed by atoms with Crippen LogP contribution < -0.4 is 4.31 Å². The molecule has 7 nitrogen and oxygen atoms in total. The van der Waals surface area contributed by atoms with Gasteiger partial charge in [0, 0.05) is 7.05 Å². The average molecular weight is 377 g/mol. The molecule has 0 saturated carbocycles. The van der Waals surface area contributed by atoms with Crippen molar-refractivity contribution < 1.29 is 27.5 Å². The third-order valence-corrected chi connectivity index (χ3v) is 5.49. The molecule has 26 heavy (non-hydrogen) atoms. The molecule has 0 fully saturated rings. The second kappa shape index (κ2) is 8.01. The minimum Gasteiger partial charge on any atom is -0.466 e. The molecular weight excluding hydrogens is 358 g/mol. The first-order valence-corrected chi connectivity index (χ1v) is 9.09. The number of carbonyl (C=O) groups is 2. The van der Waals surface area contributed by atoms with Crippen LogP contribution in [0, 0.1) is 6.92 Å². The second-order valence-corrected chi connectivity index (χ2v) is 7.45. The van der Waals surface area contributed by atoms with Crippen LogP contribution >= 0.6 is 0 Å². The molecule has 0 aromatic heterocycles. The van der Waals surface area contributed by atoms with Crippen LogP contribution in [0.5, 0.6) is 0 Å². The zero-order chi connectivity index (χ0) is 19.3. The number of carbonyl (C=O) groups excluding carboxylic acids is 2. The van der Waals surface area contributed by atoms with E-state index in [-0.39, 0.29) is 10.5 Å². The van der Waals surface area contributed by atoms with Crippen LogP contribution in [0.15, 0.2) is 53.4 Å². The summed E-state index contributed by atoms with van der Waals surface area (Å²) < 4.78 is 35.6. The number of hydrogen-bond donors (Lipinski definition) is 0. The van der Waals surface area contributed by atoms with E-state index < -0.39 is 28.6 Å². The van der Waals surface area contributed by atoms with Gasteiger partial charge in [0.15, 0.2) is 6.61 Å². The predicted octanol–water partition coefficient (Wildman–Crippen LogP) is 2.15. The molecule has 0 N–H and O–H groups in total. The molecule has 0 atom stereocenters. The number of methoxy groups -OCH3 is 1. The van der Waals surface area contributed by atoms with Crippen molar-refractivity contribution in [1.29, 1.82) is 0 Å². The topological polar surface area (TPSA) is 90.0 Å². The van der Waals surface area contributed by atoms with Gasteiger partial charge in [-0.25, -0.2) is 18.0 Å². The molecule has 2 aromatic carbocycles. The molecule has 0 spiro atoms. The van der Waals surface area contributed by atoms with Gasteiger partial charge in [0.1, 0.15) is 0 Å². The number of sulfonamides is 1. The largest absolute Gasteiger partial charge is 0.466 e. The molecule has 0 aliphatic rings. The van der Waals surface area contributed by atoms with Crippen molar-refractivity contribution in [3.05, 3.63) is 59.7 Å². The van der Waals surface area contributed by atoms with Gasteiger partial charge in [0.25, 0.3) is 10.0 Å². The van der Waals surface area contributed by atoms with E-state index in [0.29, 0.717) is 5.69 Å². The van der Waals surface area contributed by atoms with Crippen LogP contribution in [0.1, 0.15) is 15.9 Å². The second-order valence-electron chi connectivity index (χ2n) is 5.48. The zero-order valence-corrected chi connectivity index (χ0v) is 15.4. The van der Waals surface area contributed by atoms with Crippen molar-refractivity contribution in [2.45, 2.75) is 11.8 Å². The molecule has 0 bridgehead atoms. The van der Waals surface area contributed by atoms with Crippen molar-refractivity contribution in [2.75, 3.05) is 25.1 Å². The molecule has 0 aliphatic heterocycles. The molecule has 138 valence electrons. The third kappa shape index (κ3) is 4.40. The lowest BCUT2D eigenvalue weighted by Crippen LogP contribution is -2.26. The maximum Gasteiger partial charge on any atom is 0.344 e. The van der Waals surface area contributed by atoms with Gasteiger partial charge in [0.05, 0.1) is 23.3 Å². The maximum atomic E-state index is 12.7. The Bertz CT molecular complexity index is 888. The molecule has 8 heteroatoms. The van der Waals surface area contributed by atoms with Crippen molar-refractivity contribution >= 4 is 27.6 Å². The van der Waals surface area contributed by atoms with Gasteiger partial charge in [-0.05, 0) is 43.3 Å². The highest BCUT2D eigenvalue weighted by Gasteiger charge is 2.21. The highest BCUT2D eigenvalue weighted by atomic mass is 32.2. The van der Waals surface area contributed by atoms with Crippen LogP contribution in [-0.4, -0.2) is 41.1 Å². The Balaban J connectivity index is 2.15.